The van der Waals surface area contributed by atoms with Gasteiger partial charge in [0.15, 0.2) is 5.84 Å². The normalized spacial score (nSPS) is 19.3. The average molecular weight is 429 g/mol. The van der Waals surface area contributed by atoms with Crippen molar-refractivity contribution in [3.8, 4) is 11.4 Å². The number of fused-ring (bicyclic) bond motifs is 1. The Morgan fingerprint density at radius 2 is 2.06 bits per heavy atom. The third-order valence-electron chi connectivity index (χ3n) is 6.11. The summed E-state index contributed by atoms with van der Waals surface area (Å²) in [4.78, 5) is 12.4. The van der Waals surface area contributed by atoms with Gasteiger partial charge in [-0.05, 0) is 61.1 Å². The van der Waals surface area contributed by atoms with Crippen molar-refractivity contribution in [3.05, 3.63) is 83.4 Å². The van der Waals surface area contributed by atoms with Gasteiger partial charge in [-0.25, -0.2) is 4.98 Å². The third kappa shape index (κ3) is 4.13. The number of oxime groups is 1. The van der Waals surface area contributed by atoms with E-state index in [1.807, 2.05) is 24.0 Å². The number of aryl methyl sites for hydroxylation is 1. The van der Waals surface area contributed by atoms with Crippen LogP contribution in [0.4, 0.5) is 0 Å². The zero-order valence-electron chi connectivity index (χ0n) is 18.6. The molecule has 0 unspecified atom stereocenters. The molecule has 0 spiro atoms. The highest BCUT2D eigenvalue weighted by Crippen LogP contribution is 2.30. The van der Waals surface area contributed by atoms with Crippen molar-refractivity contribution >= 4 is 11.9 Å². The summed E-state index contributed by atoms with van der Waals surface area (Å²) in [5.74, 6) is 1.78. The number of hydrogen-bond acceptors (Lipinski definition) is 5. The molecule has 0 aliphatic carbocycles. The number of aromatic nitrogens is 2. The molecule has 2 aliphatic heterocycles. The third-order valence-corrected chi connectivity index (χ3v) is 6.11. The van der Waals surface area contributed by atoms with Crippen LogP contribution in [0, 0.1) is 6.92 Å². The molecular weight excluding hydrogens is 400 g/mol. The van der Waals surface area contributed by atoms with E-state index in [4.69, 9.17) is 9.57 Å². The Bertz CT molecular complexity index is 1150. The number of benzene rings is 2. The SMILES string of the molecule is COc1cc(/C=C2\CCCN3C2=NOC[C@@H]3Cc2ccccc2)ccc1-n1cnc(C)c1. The van der Waals surface area contributed by atoms with Crippen molar-refractivity contribution in [2.45, 2.75) is 32.2 Å². The first-order chi connectivity index (χ1) is 15.7. The van der Waals surface area contributed by atoms with E-state index in [2.05, 4.69) is 69.6 Å². The molecule has 0 radical (unpaired) electrons. The molecule has 1 atom stereocenters. The molecule has 1 fully saturated rings. The fourth-order valence-electron chi connectivity index (χ4n) is 4.53. The van der Waals surface area contributed by atoms with Crippen molar-refractivity contribution in [2.75, 3.05) is 20.3 Å². The molecule has 0 saturated carbocycles. The minimum atomic E-state index is 0.301. The van der Waals surface area contributed by atoms with Crippen molar-refractivity contribution < 1.29 is 9.57 Å². The molecule has 0 amide bonds. The highest BCUT2D eigenvalue weighted by Gasteiger charge is 2.32. The number of amidine groups is 1. The van der Waals surface area contributed by atoms with Crippen LogP contribution < -0.4 is 4.74 Å². The number of hydrogen-bond donors (Lipinski definition) is 0. The summed E-state index contributed by atoms with van der Waals surface area (Å²) in [5.41, 5.74) is 5.57. The van der Waals surface area contributed by atoms with Crippen molar-refractivity contribution in [2.24, 2.45) is 5.16 Å². The number of piperidine rings is 1. The lowest BCUT2D eigenvalue weighted by Crippen LogP contribution is -2.50. The summed E-state index contributed by atoms with van der Waals surface area (Å²) in [5, 5.41) is 4.46. The molecule has 3 aromatic rings. The van der Waals surface area contributed by atoms with Crippen LogP contribution in [0.1, 0.15) is 29.7 Å². The standard InChI is InChI=1S/C26H28N4O2/c1-19-16-29(18-27-19)24-11-10-21(15-25(24)31-2)13-22-9-6-12-30-23(17-32-28-26(22)30)14-20-7-4-3-5-8-20/h3-5,7-8,10-11,13,15-16,18,23H,6,9,12,14,17H2,1-2H3/b22-13+/t23-/m0/s1. The number of rotatable bonds is 5. The Labute approximate surface area is 188 Å². The lowest BCUT2D eigenvalue weighted by molar-refractivity contribution is 0.0579. The van der Waals surface area contributed by atoms with E-state index in [1.165, 1.54) is 11.1 Å². The molecule has 5 rings (SSSR count). The Morgan fingerprint density at radius 1 is 1.19 bits per heavy atom. The molecule has 32 heavy (non-hydrogen) atoms. The van der Waals surface area contributed by atoms with Crippen molar-refractivity contribution in [1.82, 2.24) is 14.5 Å². The fourth-order valence-corrected chi connectivity index (χ4v) is 4.53. The van der Waals surface area contributed by atoms with Crippen LogP contribution in [-0.4, -0.2) is 46.6 Å². The molecule has 2 aliphatic rings. The highest BCUT2D eigenvalue weighted by atomic mass is 16.6. The zero-order chi connectivity index (χ0) is 21.9. The predicted octanol–water partition coefficient (Wildman–Crippen LogP) is 4.62. The van der Waals surface area contributed by atoms with Gasteiger partial charge in [-0.1, -0.05) is 41.6 Å². The lowest BCUT2D eigenvalue weighted by Gasteiger charge is -2.40. The maximum atomic E-state index is 5.69. The molecule has 6 heteroatoms. The van der Waals surface area contributed by atoms with Crippen molar-refractivity contribution in [1.29, 1.82) is 0 Å². The van der Waals surface area contributed by atoms with E-state index >= 15 is 0 Å². The second-order valence-electron chi connectivity index (χ2n) is 8.37. The van der Waals surface area contributed by atoms with E-state index in [9.17, 15) is 0 Å². The predicted molar refractivity (Wildman–Crippen MR) is 126 cm³/mol. The number of ether oxygens (including phenoxy) is 1. The zero-order valence-corrected chi connectivity index (χ0v) is 18.6. The number of imidazole rings is 1. The summed E-state index contributed by atoms with van der Waals surface area (Å²) < 4.78 is 7.67. The summed E-state index contributed by atoms with van der Waals surface area (Å²) >= 11 is 0. The lowest BCUT2D eigenvalue weighted by atomic mass is 9.96. The molecular formula is C26H28N4O2. The van der Waals surface area contributed by atoms with Gasteiger partial charge in [0.25, 0.3) is 0 Å². The van der Waals surface area contributed by atoms with Gasteiger partial charge in [0.2, 0.25) is 0 Å². The topological polar surface area (TPSA) is 51.9 Å². The van der Waals surface area contributed by atoms with Gasteiger partial charge in [-0.3, -0.25) is 0 Å². The van der Waals surface area contributed by atoms with Gasteiger partial charge in [0.05, 0.1) is 30.9 Å². The average Bonchev–Trinajstić information content (AvgIpc) is 3.26. The first kappa shape index (κ1) is 20.4. The number of methoxy groups -OCH3 is 1. The molecule has 3 heterocycles. The van der Waals surface area contributed by atoms with Crippen LogP contribution in [0.5, 0.6) is 5.75 Å². The minimum absolute atomic E-state index is 0.301. The Kier molecular flexibility index (Phi) is 5.67. The molecule has 1 saturated heterocycles. The largest absolute Gasteiger partial charge is 0.495 e. The molecule has 6 nitrogen and oxygen atoms in total. The first-order valence-electron chi connectivity index (χ1n) is 11.1. The summed E-state index contributed by atoms with van der Waals surface area (Å²) in [6.45, 7) is 3.62. The Morgan fingerprint density at radius 3 is 2.84 bits per heavy atom. The molecule has 0 bridgehead atoms. The second-order valence-corrected chi connectivity index (χ2v) is 8.37. The maximum Gasteiger partial charge on any atom is 0.171 e. The van der Waals surface area contributed by atoms with Gasteiger partial charge >= 0.3 is 0 Å². The first-order valence-corrected chi connectivity index (χ1v) is 11.1. The summed E-state index contributed by atoms with van der Waals surface area (Å²) in [7, 11) is 1.70. The van der Waals surface area contributed by atoms with Gasteiger partial charge in [-0.2, -0.15) is 0 Å². The van der Waals surface area contributed by atoms with E-state index in [1.54, 1.807) is 7.11 Å². The van der Waals surface area contributed by atoms with Crippen LogP contribution in [0.15, 0.2) is 71.8 Å². The smallest absolute Gasteiger partial charge is 0.171 e. The van der Waals surface area contributed by atoms with Crippen LogP contribution in [0.2, 0.25) is 0 Å². The molecule has 164 valence electrons. The fraction of sp³-hybridized carbons (Fsp3) is 0.308. The summed E-state index contributed by atoms with van der Waals surface area (Å²) in [6.07, 6.45) is 9.08. The quantitative estimate of drug-likeness (QED) is 0.595. The van der Waals surface area contributed by atoms with E-state index in [0.29, 0.717) is 12.6 Å². The Balaban J connectivity index is 1.41. The van der Waals surface area contributed by atoms with Crippen molar-refractivity contribution in [3.63, 3.8) is 0 Å². The second kappa shape index (κ2) is 8.91. The highest BCUT2D eigenvalue weighted by molar-refractivity contribution is 6.02. The summed E-state index contributed by atoms with van der Waals surface area (Å²) in [6, 6.07) is 17.2. The number of nitrogens with zero attached hydrogens (tertiary/aromatic N) is 4. The molecule has 1 aromatic heterocycles. The van der Waals surface area contributed by atoms with Crippen LogP contribution in [0.25, 0.3) is 11.8 Å². The molecule has 2 aromatic carbocycles. The van der Waals surface area contributed by atoms with E-state index in [0.717, 1.165) is 54.3 Å². The minimum Gasteiger partial charge on any atom is -0.495 e. The van der Waals surface area contributed by atoms with E-state index in [-0.39, 0.29) is 0 Å². The van der Waals surface area contributed by atoms with Gasteiger partial charge < -0.3 is 19.0 Å². The van der Waals surface area contributed by atoms with Crippen LogP contribution in [0.3, 0.4) is 0 Å². The molecule has 0 N–H and O–H groups in total. The van der Waals surface area contributed by atoms with Crippen LogP contribution in [-0.2, 0) is 11.3 Å². The van der Waals surface area contributed by atoms with E-state index < -0.39 is 0 Å². The van der Waals surface area contributed by atoms with Gasteiger partial charge in [0.1, 0.15) is 12.4 Å². The monoisotopic (exact) mass is 428 g/mol. The van der Waals surface area contributed by atoms with Gasteiger partial charge in [0, 0.05) is 12.7 Å². The Hall–Kier alpha value is -3.54. The van der Waals surface area contributed by atoms with Gasteiger partial charge in [-0.15, -0.1) is 0 Å². The maximum absolute atomic E-state index is 5.69. The van der Waals surface area contributed by atoms with Crippen LogP contribution >= 0.6 is 0 Å².